The fraction of sp³-hybridized carbons (Fsp3) is 0.500. The van der Waals surface area contributed by atoms with Gasteiger partial charge in [-0.3, -0.25) is 9.59 Å². The smallest absolute Gasteiger partial charge is 0.254 e. The van der Waals surface area contributed by atoms with Crippen LogP contribution < -0.4 is 9.47 Å². The van der Waals surface area contributed by atoms with Gasteiger partial charge in [-0.05, 0) is 38.0 Å². The van der Waals surface area contributed by atoms with E-state index < -0.39 is 0 Å². The molecule has 0 radical (unpaired) electrons. The molecule has 0 aliphatic carbocycles. The number of nitrogens with zero attached hydrogens (tertiary/aromatic N) is 1. The Labute approximate surface area is 123 Å². The third-order valence-electron chi connectivity index (χ3n) is 3.95. The van der Waals surface area contributed by atoms with Crippen molar-refractivity contribution in [3.8, 4) is 11.5 Å². The van der Waals surface area contributed by atoms with Crippen LogP contribution in [0.25, 0.3) is 0 Å². The lowest BCUT2D eigenvalue weighted by atomic mass is 10.1. The highest BCUT2D eigenvalue weighted by atomic mass is 16.6. The largest absolute Gasteiger partial charge is 0.486 e. The molecule has 1 amide bonds. The number of carbonyl (C=O) groups is 2. The summed E-state index contributed by atoms with van der Waals surface area (Å²) in [6, 6.07) is 5.31. The first-order valence-electron chi connectivity index (χ1n) is 7.35. The summed E-state index contributed by atoms with van der Waals surface area (Å²) in [6.07, 6.45) is 2.29. The Morgan fingerprint density at radius 3 is 2.76 bits per heavy atom. The molecule has 1 saturated heterocycles. The lowest BCUT2D eigenvalue weighted by Gasteiger charge is -2.25. The number of likely N-dealkylation sites (tertiary alicyclic amines) is 1. The summed E-state index contributed by atoms with van der Waals surface area (Å²) in [4.78, 5) is 25.8. The van der Waals surface area contributed by atoms with E-state index >= 15 is 0 Å². The Kier molecular flexibility index (Phi) is 3.82. The first-order chi connectivity index (χ1) is 10.1. The summed E-state index contributed by atoms with van der Waals surface area (Å²) < 4.78 is 11.0. The van der Waals surface area contributed by atoms with Gasteiger partial charge in [0.15, 0.2) is 11.5 Å². The van der Waals surface area contributed by atoms with Gasteiger partial charge < -0.3 is 14.4 Å². The van der Waals surface area contributed by atoms with Crippen molar-refractivity contribution in [1.29, 1.82) is 0 Å². The quantitative estimate of drug-likeness (QED) is 0.854. The lowest BCUT2D eigenvalue weighted by Crippen LogP contribution is -2.36. The summed E-state index contributed by atoms with van der Waals surface area (Å²) in [5.74, 6) is 1.39. The Hall–Kier alpha value is -2.04. The monoisotopic (exact) mass is 289 g/mol. The standard InChI is InChI=1S/C16H19NO4/c1-11(18)9-13-3-2-6-17(13)16(19)12-4-5-14-15(10-12)21-8-7-20-14/h4-5,10,13H,2-3,6-9H2,1H3. The zero-order chi connectivity index (χ0) is 14.8. The minimum absolute atomic E-state index is 0.0307. The van der Waals surface area contributed by atoms with Crippen molar-refractivity contribution in [3.05, 3.63) is 23.8 Å². The van der Waals surface area contributed by atoms with Gasteiger partial charge in [-0.2, -0.15) is 0 Å². The maximum atomic E-state index is 12.6. The van der Waals surface area contributed by atoms with Crippen molar-refractivity contribution in [2.45, 2.75) is 32.2 Å². The van der Waals surface area contributed by atoms with Crippen LogP contribution in [-0.4, -0.2) is 42.4 Å². The number of Topliss-reactive ketones (excluding diaryl/α,β-unsaturated/α-hetero) is 1. The average molecular weight is 289 g/mol. The van der Waals surface area contributed by atoms with E-state index in [-0.39, 0.29) is 17.7 Å². The second kappa shape index (κ2) is 5.76. The molecule has 3 rings (SSSR count). The van der Waals surface area contributed by atoms with Crippen LogP contribution in [0, 0.1) is 0 Å². The molecule has 1 atom stereocenters. The van der Waals surface area contributed by atoms with Gasteiger partial charge >= 0.3 is 0 Å². The van der Waals surface area contributed by atoms with E-state index in [2.05, 4.69) is 0 Å². The summed E-state index contributed by atoms with van der Waals surface area (Å²) in [5.41, 5.74) is 0.592. The molecule has 5 nitrogen and oxygen atoms in total. The van der Waals surface area contributed by atoms with Crippen molar-refractivity contribution in [2.75, 3.05) is 19.8 Å². The summed E-state index contributed by atoms with van der Waals surface area (Å²) in [6.45, 7) is 3.32. The molecule has 1 unspecified atom stereocenters. The maximum Gasteiger partial charge on any atom is 0.254 e. The first-order valence-corrected chi connectivity index (χ1v) is 7.35. The molecule has 0 bridgehead atoms. The second-order valence-electron chi connectivity index (χ2n) is 5.56. The van der Waals surface area contributed by atoms with E-state index in [9.17, 15) is 9.59 Å². The summed E-state index contributed by atoms with van der Waals surface area (Å²) in [5, 5.41) is 0. The maximum absolute atomic E-state index is 12.6. The number of ether oxygens (including phenoxy) is 2. The molecule has 0 N–H and O–H groups in total. The molecule has 21 heavy (non-hydrogen) atoms. The van der Waals surface area contributed by atoms with Crippen LogP contribution in [0.1, 0.15) is 36.5 Å². The van der Waals surface area contributed by atoms with Crippen molar-refractivity contribution in [2.24, 2.45) is 0 Å². The van der Waals surface area contributed by atoms with Crippen molar-refractivity contribution in [1.82, 2.24) is 4.90 Å². The molecule has 1 fully saturated rings. The molecule has 0 saturated carbocycles. The number of carbonyl (C=O) groups excluding carboxylic acids is 2. The van der Waals surface area contributed by atoms with Crippen molar-refractivity contribution < 1.29 is 19.1 Å². The van der Waals surface area contributed by atoms with Crippen LogP contribution in [0.2, 0.25) is 0 Å². The predicted octanol–water partition coefficient (Wildman–Crippen LogP) is 2.04. The van der Waals surface area contributed by atoms with Crippen LogP contribution in [0.15, 0.2) is 18.2 Å². The molecular weight excluding hydrogens is 270 g/mol. The molecular formula is C16H19NO4. The minimum Gasteiger partial charge on any atom is -0.486 e. The summed E-state index contributed by atoms with van der Waals surface area (Å²) >= 11 is 0. The third-order valence-corrected chi connectivity index (χ3v) is 3.95. The van der Waals surface area contributed by atoms with Crippen LogP contribution in [0.5, 0.6) is 11.5 Å². The molecule has 2 heterocycles. The molecule has 2 aliphatic rings. The van der Waals surface area contributed by atoms with Crippen LogP contribution >= 0.6 is 0 Å². The normalized spacial score (nSPS) is 20.4. The van der Waals surface area contributed by atoms with Gasteiger partial charge in [-0.25, -0.2) is 0 Å². The molecule has 2 aliphatic heterocycles. The Bertz CT molecular complexity index is 569. The topological polar surface area (TPSA) is 55.8 Å². The molecule has 5 heteroatoms. The fourth-order valence-electron chi connectivity index (χ4n) is 2.99. The zero-order valence-corrected chi connectivity index (χ0v) is 12.1. The number of amides is 1. The van der Waals surface area contributed by atoms with Crippen molar-refractivity contribution >= 4 is 11.7 Å². The van der Waals surface area contributed by atoms with E-state index in [1.165, 1.54) is 0 Å². The van der Waals surface area contributed by atoms with E-state index in [4.69, 9.17) is 9.47 Å². The number of hydrogen-bond acceptors (Lipinski definition) is 4. The highest BCUT2D eigenvalue weighted by Gasteiger charge is 2.30. The number of benzene rings is 1. The lowest BCUT2D eigenvalue weighted by molar-refractivity contribution is -0.117. The highest BCUT2D eigenvalue weighted by Crippen LogP contribution is 2.32. The second-order valence-corrected chi connectivity index (χ2v) is 5.56. The number of fused-ring (bicyclic) bond motifs is 1. The zero-order valence-electron chi connectivity index (χ0n) is 12.1. The van der Waals surface area contributed by atoms with Gasteiger partial charge in [0.1, 0.15) is 19.0 Å². The molecule has 112 valence electrons. The van der Waals surface area contributed by atoms with E-state index in [1.807, 2.05) is 4.90 Å². The van der Waals surface area contributed by atoms with Crippen LogP contribution in [0.4, 0.5) is 0 Å². The van der Waals surface area contributed by atoms with Gasteiger partial charge in [0.05, 0.1) is 0 Å². The van der Waals surface area contributed by atoms with E-state index in [0.717, 1.165) is 12.8 Å². The van der Waals surface area contributed by atoms with Gasteiger partial charge in [0, 0.05) is 24.6 Å². The third kappa shape index (κ3) is 2.86. The number of hydrogen-bond donors (Lipinski definition) is 0. The Morgan fingerprint density at radius 1 is 1.24 bits per heavy atom. The first kappa shape index (κ1) is 13.9. The Balaban J connectivity index is 1.79. The molecule has 0 spiro atoms. The Morgan fingerprint density at radius 2 is 2.00 bits per heavy atom. The average Bonchev–Trinajstić information content (AvgIpc) is 2.93. The predicted molar refractivity (Wildman–Crippen MR) is 76.8 cm³/mol. The van der Waals surface area contributed by atoms with Gasteiger partial charge in [-0.15, -0.1) is 0 Å². The minimum atomic E-state index is -0.0317. The van der Waals surface area contributed by atoms with Crippen LogP contribution in [-0.2, 0) is 4.79 Å². The molecule has 1 aromatic carbocycles. The van der Waals surface area contributed by atoms with Gasteiger partial charge in [0.25, 0.3) is 5.91 Å². The van der Waals surface area contributed by atoms with Gasteiger partial charge in [-0.1, -0.05) is 0 Å². The van der Waals surface area contributed by atoms with Crippen molar-refractivity contribution in [3.63, 3.8) is 0 Å². The number of rotatable bonds is 3. The highest BCUT2D eigenvalue weighted by molar-refractivity contribution is 5.95. The van der Waals surface area contributed by atoms with E-state index in [0.29, 0.717) is 43.2 Å². The van der Waals surface area contributed by atoms with Gasteiger partial charge in [0.2, 0.25) is 0 Å². The fourth-order valence-corrected chi connectivity index (χ4v) is 2.99. The van der Waals surface area contributed by atoms with E-state index in [1.54, 1.807) is 25.1 Å². The van der Waals surface area contributed by atoms with Crippen LogP contribution in [0.3, 0.4) is 0 Å². The SMILES string of the molecule is CC(=O)CC1CCCN1C(=O)c1ccc2c(c1)OCCO2. The molecule has 1 aromatic rings. The summed E-state index contributed by atoms with van der Waals surface area (Å²) in [7, 11) is 0. The molecule has 0 aromatic heterocycles. The number of ketones is 1.